The van der Waals surface area contributed by atoms with Crippen LogP contribution in [0.3, 0.4) is 0 Å². The number of nitrogens with zero attached hydrogens (tertiary/aromatic N) is 2. The quantitative estimate of drug-likeness (QED) is 0.689. The van der Waals surface area contributed by atoms with Crippen LogP contribution in [0.2, 0.25) is 0 Å². The molecule has 1 aromatic heterocycles. The lowest BCUT2D eigenvalue weighted by Crippen LogP contribution is -2.27. The molecule has 0 bridgehead atoms. The molecule has 1 aromatic carbocycles. The Labute approximate surface area is 160 Å². The van der Waals surface area contributed by atoms with Gasteiger partial charge in [0.1, 0.15) is 0 Å². The van der Waals surface area contributed by atoms with Crippen LogP contribution in [0.4, 0.5) is 0 Å². The molecule has 1 aliphatic rings. The number of aryl methyl sites for hydroxylation is 1. The first kappa shape index (κ1) is 19.6. The zero-order valence-corrected chi connectivity index (χ0v) is 16.2. The zero-order chi connectivity index (χ0) is 19.1. The van der Waals surface area contributed by atoms with E-state index in [1.165, 1.54) is 11.3 Å². The Bertz CT molecular complexity index is 741. The molecule has 0 aliphatic carbocycles. The van der Waals surface area contributed by atoms with Gasteiger partial charge in [0.15, 0.2) is 0 Å². The van der Waals surface area contributed by atoms with Gasteiger partial charge in [-0.1, -0.05) is 30.3 Å². The maximum Gasteiger partial charge on any atom is 0.220 e. The molecule has 1 amide bonds. The molecule has 0 unspecified atom stereocenters. The van der Waals surface area contributed by atoms with Gasteiger partial charge in [-0.25, -0.2) is 0 Å². The first-order chi connectivity index (χ1) is 13.1. The second-order valence-electron chi connectivity index (χ2n) is 7.10. The number of nitrogens with one attached hydrogen (secondary N) is 1. The number of carbonyl (C=O) groups is 1. The Morgan fingerprint density at radius 3 is 2.93 bits per heavy atom. The van der Waals surface area contributed by atoms with E-state index in [1.54, 1.807) is 0 Å². The van der Waals surface area contributed by atoms with Crippen molar-refractivity contribution in [3.8, 4) is 0 Å². The van der Waals surface area contributed by atoms with Gasteiger partial charge in [0.2, 0.25) is 5.91 Å². The van der Waals surface area contributed by atoms with E-state index in [-0.39, 0.29) is 5.91 Å². The monoisotopic (exact) mass is 371 g/mol. The number of hydrogen-bond donors (Lipinski definition) is 1. The average Bonchev–Trinajstić information content (AvgIpc) is 3.06. The summed E-state index contributed by atoms with van der Waals surface area (Å²) in [5.41, 5.74) is 4.57. The minimum Gasteiger partial charge on any atom is -0.376 e. The summed E-state index contributed by atoms with van der Waals surface area (Å²) in [6.45, 7) is 7.21. The van der Waals surface area contributed by atoms with Gasteiger partial charge in [-0.05, 0) is 19.4 Å². The zero-order valence-electron chi connectivity index (χ0n) is 16.2. The van der Waals surface area contributed by atoms with E-state index >= 15 is 0 Å². The van der Waals surface area contributed by atoms with E-state index in [2.05, 4.69) is 23.8 Å². The van der Waals surface area contributed by atoms with Crippen molar-refractivity contribution in [1.29, 1.82) is 0 Å². The first-order valence-corrected chi connectivity index (χ1v) is 9.70. The molecule has 1 N–H and O–H groups in total. The molecule has 0 radical (unpaired) electrons. The molecule has 0 spiro atoms. The Kier molecular flexibility index (Phi) is 7.01. The Hall–Kier alpha value is -2.18. The van der Waals surface area contributed by atoms with E-state index in [4.69, 9.17) is 14.6 Å². The predicted octanol–water partition coefficient (Wildman–Crippen LogP) is 2.80. The summed E-state index contributed by atoms with van der Waals surface area (Å²) < 4.78 is 13.3. The van der Waals surface area contributed by atoms with Crippen molar-refractivity contribution in [3.63, 3.8) is 0 Å². The molecule has 27 heavy (non-hydrogen) atoms. The summed E-state index contributed by atoms with van der Waals surface area (Å²) >= 11 is 0. The van der Waals surface area contributed by atoms with Crippen LogP contribution in [-0.4, -0.2) is 35.4 Å². The number of amides is 1. The van der Waals surface area contributed by atoms with Gasteiger partial charge in [0, 0.05) is 43.1 Å². The van der Waals surface area contributed by atoms with Crippen molar-refractivity contribution >= 4 is 5.91 Å². The van der Waals surface area contributed by atoms with Gasteiger partial charge in [-0.15, -0.1) is 0 Å². The molecule has 1 aliphatic heterocycles. The van der Waals surface area contributed by atoms with Crippen LogP contribution < -0.4 is 5.32 Å². The average molecular weight is 371 g/mol. The summed E-state index contributed by atoms with van der Waals surface area (Å²) in [5.74, 6) is 0.0304. The van der Waals surface area contributed by atoms with Crippen LogP contribution in [-0.2, 0) is 40.3 Å². The minimum atomic E-state index is 0.0304. The number of fused-ring (bicyclic) bond motifs is 1. The van der Waals surface area contributed by atoms with Crippen molar-refractivity contribution in [2.45, 2.75) is 52.4 Å². The number of benzene rings is 1. The van der Waals surface area contributed by atoms with E-state index < -0.39 is 0 Å². The van der Waals surface area contributed by atoms with Gasteiger partial charge in [0.05, 0.1) is 32.1 Å². The van der Waals surface area contributed by atoms with Crippen LogP contribution in [0.1, 0.15) is 48.8 Å². The lowest BCUT2D eigenvalue weighted by molar-refractivity contribution is -0.121. The third kappa shape index (κ3) is 5.40. The highest BCUT2D eigenvalue weighted by Gasteiger charge is 2.22. The van der Waals surface area contributed by atoms with E-state index in [9.17, 15) is 4.79 Å². The van der Waals surface area contributed by atoms with Gasteiger partial charge in [-0.2, -0.15) is 5.10 Å². The molecular formula is C21H29N3O3. The normalized spacial score (nSPS) is 13.6. The Morgan fingerprint density at radius 2 is 2.15 bits per heavy atom. The van der Waals surface area contributed by atoms with E-state index in [0.717, 1.165) is 24.3 Å². The van der Waals surface area contributed by atoms with Crippen molar-refractivity contribution in [2.24, 2.45) is 0 Å². The molecule has 3 rings (SSSR count). The molecule has 0 atom stereocenters. The Balaban J connectivity index is 1.40. The standard InChI is InChI=1S/C21H29N3O3/c1-16(2)24-20-10-12-26-15-18(20)19(23-24)8-9-21(25)22-11-13-27-14-17-6-4-3-5-7-17/h3-7,16H,8-15H2,1-2H3,(H,22,25). The van der Waals surface area contributed by atoms with Crippen molar-refractivity contribution < 1.29 is 14.3 Å². The van der Waals surface area contributed by atoms with Crippen molar-refractivity contribution in [3.05, 3.63) is 52.8 Å². The molecule has 2 heterocycles. The molecule has 146 valence electrons. The molecular weight excluding hydrogens is 342 g/mol. The summed E-state index contributed by atoms with van der Waals surface area (Å²) in [7, 11) is 0. The number of carbonyl (C=O) groups excluding carboxylic acids is 1. The maximum atomic E-state index is 12.1. The summed E-state index contributed by atoms with van der Waals surface area (Å²) in [6, 6.07) is 10.3. The Morgan fingerprint density at radius 1 is 1.33 bits per heavy atom. The molecule has 6 heteroatoms. The lowest BCUT2D eigenvalue weighted by atomic mass is 10.1. The van der Waals surface area contributed by atoms with E-state index in [1.807, 2.05) is 30.3 Å². The minimum absolute atomic E-state index is 0.0304. The van der Waals surface area contributed by atoms with Gasteiger partial charge in [-0.3, -0.25) is 9.48 Å². The topological polar surface area (TPSA) is 65.4 Å². The van der Waals surface area contributed by atoms with Gasteiger partial charge >= 0.3 is 0 Å². The second kappa shape index (κ2) is 9.67. The van der Waals surface area contributed by atoms with Crippen LogP contribution in [0.5, 0.6) is 0 Å². The highest BCUT2D eigenvalue weighted by Crippen LogP contribution is 2.24. The third-order valence-electron chi connectivity index (χ3n) is 4.69. The number of aromatic nitrogens is 2. The SMILES string of the molecule is CC(C)n1nc(CCC(=O)NCCOCc2ccccc2)c2c1CCOC2. The van der Waals surface area contributed by atoms with Crippen LogP contribution >= 0.6 is 0 Å². The molecule has 0 saturated heterocycles. The van der Waals surface area contributed by atoms with Crippen LogP contribution in [0.15, 0.2) is 30.3 Å². The van der Waals surface area contributed by atoms with Gasteiger partial charge < -0.3 is 14.8 Å². The largest absolute Gasteiger partial charge is 0.376 e. The van der Waals surface area contributed by atoms with Crippen LogP contribution in [0.25, 0.3) is 0 Å². The molecule has 0 saturated carbocycles. The number of ether oxygens (including phenoxy) is 2. The summed E-state index contributed by atoms with van der Waals surface area (Å²) in [5, 5.41) is 7.66. The predicted molar refractivity (Wildman–Crippen MR) is 103 cm³/mol. The summed E-state index contributed by atoms with van der Waals surface area (Å²) in [4.78, 5) is 12.1. The number of rotatable bonds is 9. The smallest absolute Gasteiger partial charge is 0.220 e. The summed E-state index contributed by atoms with van der Waals surface area (Å²) in [6.07, 6.45) is 1.97. The second-order valence-corrected chi connectivity index (χ2v) is 7.10. The fourth-order valence-corrected chi connectivity index (χ4v) is 3.31. The van der Waals surface area contributed by atoms with Crippen LogP contribution in [0, 0.1) is 0 Å². The highest BCUT2D eigenvalue weighted by molar-refractivity contribution is 5.76. The fourth-order valence-electron chi connectivity index (χ4n) is 3.31. The molecule has 2 aromatic rings. The highest BCUT2D eigenvalue weighted by atomic mass is 16.5. The third-order valence-corrected chi connectivity index (χ3v) is 4.69. The van der Waals surface area contributed by atoms with E-state index in [0.29, 0.717) is 45.2 Å². The number of hydrogen-bond acceptors (Lipinski definition) is 4. The molecule has 0 fully saturated rings. The first-order valence-electron chi connectivity index (χ1n) is 9.70. The fraction of sp³-hybridized carbons (Fsp3) is 0.524. The van der Waals surface area contributed by atoms with Crippen molar-refractivity contribution in [2.75, 3.05) is 19.8 Å². The lowest BCUT2D eigenvalue weighted by Gasteiger charge is -2.16. The van der Waals surface area contributed by atoms with Gasteiger partial charge in [0.25, 0.3) is 0 Å². The molecule has 6 nitrogen and oxygen atoms in total. The van der Waals surface area contributed by atoms with Crippen molar-refractivity contribution in [1.82, 2.24) is 15.1 Å². The maximum absolute atomic E-state index is 12.1.